The maximum absolute atomic E-state index is 12.2. The molecule has 0 aromatic carbocycles. The van der Waals surface area contributed by atoms with Gasteiger partial charge in [0.25, 0.3) is 0 Å². The Morgan fingerprint density at radius 1 is 1.41 bits per heavy atom. The van der Waals surface area contributed by atoms with E-state index in [1.807, 2.05) is 13.1 Å². The predicted molar refractivity (Wildman–Crippen MR) is 83.6 cm³/mol. The maximum atomic E-state index is 12.2. The Morgan fingerprint density at radius 2 is 2.14 bits per heavy atom. The molecule has 6 nitrogen and oxygen atoms in total. The van der Waals surface area contributed by atoms with Crippen LogP contribution >= 0.6 is 0 Å². The van der Waals surface area contributed by atoms with Crippen molar-refractivity contribution in [1.29, 1.82) is 0 Å². The molecule has 0 spiro atoms. The highest BCUT2D eigenvalue weighted by atomic mass is 16.5. The molecule has 0 radical (unpaired) electrons. The summed E-state index contributed by atoms with van der Waals surface area (Å²) in [5.74, 6) is 1.33. The van der Waals surface area contributed by atoms with Crippen LogP contribution in [0.25, 0.3) is 0 Å². The van der Waals surface area contributed by atoms with Crippen LogP contribution < -0.4 is 0 Å². The first kappa shape index (κ1) is 17.0. The fourth-order valence-corrected chi connectivity index (χ4v) is 2.48. The molecule has 0 N–H and O–H groups in total. The van der Waals surface area contributed by atoms with Gasteiger partial charge in [-0.2, -0.15) is 0 Å². The molecule has 22 heavy (non-hydrogen) atoms. The molecule has 1 aliphatic rings. The first-order valence-electron chi connectivity index (χ1n) is 8.06. The molecule has 1 aliphatic heterocycles. The largest absolute Gasteiger partial charge is 0.379 e. The quantitative estimate of drug-likeness (QED) is 0.769. The summed E-state index contributed by atoms with van der Waals surface area (Å²) >= 11 is 0. The lowest BCUT2D eigenvalue weighted by Gasteiger charge is -2.26. The van der Waals surface area contributed by atoms with Gasteiger partial charge in [-0.15, -0.1) is 0 Å². The van der Waals surface area contributed by atoms with Crippen LogP contribution in [0.3, 0.4) is 0 Å². The molecule has 0 bridgehead atoms. The lowest BCUT2D eigenvalue weighted by Crippen LogP contribution is -2.37. The van der Waals surface area contributed by atoms with Gasteiger partial charge >= 0.3 is 0 Å². The Labute approximate surface area is 132 Å². The van der Waals surface area contributed by atoms with Crippen LogP contribution in [0.2, 0.25) is 0 Å². The van der Waals surface area contributed by atoms with Crippen molar-refractivity contribution >= 4 is 5.91 Å². The molecule has 6 heteroatoms. The molecule has 1 aromatic heterocycles. The number of amides is 1. The molecule has 1 amide bonds. The summed E-state index contributed by atoms with van der Waals surface area (Å²) in [5, 5.41) is 4.02. The minimum absolute atomic E-state index is 0.155. The van der Waals surface area contributed by atoms with Crippen molar-refractivity contribution in [3.05, 3.63) is 17.5 Å². The Kier molecular flexibility index (Phi) is 6.39. The third-order valence-electron chi connectivity index (χ3n) is 3.94. The lowest BCUT2D eigenvalue weighted by molar-refractivity contribution is -0.130. The smallest absolute Gasteiger partial charge is 0.222 e. The van der Waals surface area contributed by atoms with Gasteiger partial charge in [0.15, 0.2) is 0 Å². The molecule has 1 fully saturated rings. The molecule has 0 saturated carbocycles. The Balaban J connectivity index is 1.69. The zero-order valence-corrected chi connectivity index (χ0v) is 13.9. The molecule has 1 saturated heterocycles. The van der Waals surface area contributed by atoms with Crippen molar-refractivity contribution in [3.63, 3.8) is 0 Å². The topological polar surface area (TPSA) is 58.8 Å². The van der Waals surface area contributed by atoms with Crippen LogP contribution in [0.4, 0.5) is 0 Å². The maximum Gasteiger partial charge on any atom is 0.222 e. The fraction of sp³-hybridized carbons (Fsp3) is 0.750. The van der Waals surface area contributed by atoms with Gasteiger partial charge in [-0.05, 0) is 13.0 Å². The van der Waals surface area contributed by atoms with Crippen molar-refractivity contribution in [1.82, 2.24) is 15.0 Å². The lowest BCUT2D eigenvalue weighted by atomic mass is 10.1. The van der Waals surface area contributed by atoms with Gasteiger partial charge in [-0.25, -0.2) is 0 Å². The molecule has 0 aliphatic carbocycles. The zero-order valence-electron chi connectivity index (χ0n) is 13.9. The van der Waals surface area contributed by atoms with E-state index in [9.17, 15) is 4.79 Å². The Morgan fingerprint density at radius 3 is 2.77 bits per heavy atom. The summed E-state index contributed by atoms with van der Waals surface area (Å²) in [6, 6.07) is 1.93. The molecule has 1 aromatic rings. The fourth-order valence-electron chi connectivity index (χ4n) is 2.48. The number of ether oxygens (including phenoxy) is 1. The highest BCUT2D eigenvalue weighted by Gasteiger charge is 2.15. The summed E-state index contributed by atoms with van der Waals surface area (Å²) in [6.45, 7) is 9.14. The first-order valence-corrected chi connectivity index (χ1v) is 8.06. The summed E-state index contributed by atoms with van der Waals surface area (Å²) in [6.07, 6.45) is 1.46. The summed E-state index contributed by atoms with van der Waals surface area (Å²) in [7, 11) is 1.82. The molecule has 2 rings (SSSR count). The molecular weight excluding hydrogens is 282 g/mol. The van der Waals surface area contributed by atoms with Crippen LogP contribution in [0.5, 0.6) is 0 Å². The van der Waals surface area contributed by atoms with E-state index in [1.54, 1.807) is 4.90 Å². The number of hydrogen-bond donors (Lipinski definition) is 0. The predicted octanol–water partition coefficient (Wildman–Crippen LogP) is 1.87. The molecule has 0 unspecified atom stereocenters. The van der Waals surface area contributed by atoms with Gasteiger partial charge in [0.2, 0.25) is 5.91 Å². The second kappa shape index (κ2) is 8.29. The first-order chi connectivity index (χ1) is 10.6. The van der Waals surface area contributed by atoms with Gasteiger partial charge in [-0.3, -0.25) is 9.69 Å². The zero-order chi connectivity index (χ0) is 15.9. The van der Waals surface area contributed by atoms with E-state index in [-0.39, 0.29) is 5.91 Å². The van der Waals surface area contributed by atoms with E-state index in [0.29, 0.717) is 18.9 Å². The van der Waals surface area contributed by atoms with Crippen LogP contribution in [0.15, 0.2) is 10.6 Å². The Hall–Kier alpha value is -1.40. The van der Waals surface area contributed by atoms with Crippen molar-refractivity contribution in [2.75, 3.05) is 39.9 Å². The molecule has 2 heterocycles. The number of morpholine rings is 1. The average Bonchev–Trinajstić information content (AvgIpc) is 2.97. The summed E-state index contributed by atoms with van der Waals surface area (Å²) in [5.41, 5.74) is 0.813. The van der Waals surface area contributed by atoms with Crippen molar-refractivity contribution in [2.24, 2.45) is 0 Å². The average molecular weight is 309 g/mol. The number of carbonyl (C=O) groups excluding carboxylic acids is 1. The summed E-state index contributed by atoms with van der Waals surface area (Å²) < 4.78 is 10.6. The van der Waals surface area contributed by atoms with E-state index in [4.69, 9.17) is 9.26 Å². The van der Waals surface area contributed by atoms with E-state index in [1.165, 1.54) is 0 Å². The van der Waals surface area contributed by atoms with Crippen molar-refractivity contribution in [3.8, 4) is 0 Å². The Bertz CT molecular complexity index is 467. The SMILES string of the molecule is CC(C)c1cc(CN(C)C(=O)CCCN2CCOCC2)no1. The molecule has 124 valence electrons. The molecule has 0 atom stereocenters. The van der Waals surface area contributed by atoms with Gasteiger partial charge < -0.3 is 14.2 Å². The second-order valence-corrected chi connectivity index (χ2v) is 6.18. The highest BCUT2D eigenvalue weighted by Crippen LogP contribution is 2.16. The van der Waals surface area contributed by atoms with E-state index < -0.39 is 0 Å². The number of rotatable bonds is 7. The number of hydrogen-bond acceptors (Lipinski definition) is 5. The van der Waals surface area contributed by atoms with E-state index >= 15 is 0 Å². The van der Waals surface area contributed by atoms with Crippen LogP contribution in [-0.2, 0) is 16.1 Å². The van der Waals surface area contributed by atoms with Crippen molar-refractivity contribution in [2.45, 2.75) is 39.2 Å². The standard InChI is InChI=1S/C16H27N3O3/c1-13(2)15-11-14(17-22-15)12-18(3)16(20)5-4-6-19-7-9-21-10-8-19/h11,13H,4-10,12H2,1-3H3. The minimum atomic E-state index is 0.155. The normalized spacial score (nSPS) is 16.2. The number of nitrogens with zero attached hydrogens (tertiary/aromatic N) is 3. The van der Waals surface area contributed by atoms with Crippen LogP contribution in [-0.4, -0.2) is 60.8 Å². The monoisotopic (exact) mass is 309 g/mol. The number of carbonyl (C=O) groups is 1. The second-order valence-electron chi connectivity index (χ2n) is 6.18. The third kappa shape index (κ3) is 5.10. The van der Waals surface area contributed by atoms with Crippen LogP contribution in [0, 0.1) is 0 Å². The van der Waals surface area contributed by atoms with E-state index in [2.05, 4.69) is 23.9 Å². The summed E-state index contributed by atoms with van der Waals surface area (Å²) in [4.78, 5) is 16.2. The van der Waals surface area contributed by atoms with Gasteiger partial charge in [0.05, 0.1) is 19.8 Å². The third-order valence-corrected chi connectivity index (χ3v) is 3.94. The van der Waals surface area contributed by atoms with E-state index in [0.717, 1.165) is 50.7 Å². The van der Waals surface area contributed by atoms with Gasteiger partial charge in [0, 0.05) is 38.5 Å². The highest BCUT2D eigenvalue weighted by molar-refractivity contribution is 5.75. The minimum Gasteiger partial charge on any atom is -0.379 e. The molecular formula is C16H27N3O3. The van der Waals surface area contributed by atoms with Crippen LogP contribution in [0.1, 0.15) is 44.1 Å². The van der Waals surface area contributed by atoms with Gasteiger partial charge in [0.1, 0.15) is 11.5 Å². The number of aromatic nitrogens is 1. The van der Waals surface area contributed by atoms with Crippen molar-refractivity contribution < 1.29 is 14.1 Å². The van der Waals surface area contributed by atoms with Gasteiger partial charge in [-0.1, -0.05) is 19.0 Å².